The molecule has 31 heavy (non-hydrogen) atoms. The van der Waals surface area contributed by atoms with Gasteiger partial charge in [-0.1, -0.05) is 0 Å². The molecule has 8 nitrogen and oxygen atoms in total. The number of halogens is 3. The standard InChI is InChI=1S/C20H19F3N2O6/c1-12(13-2-3-13)24(11-20(21,22)23)18(26)10-30-19(27)17-9-8-16(31-17)14-4-6-15(7-5-14)25(28)29/h4-9,12-13H,2-3,10-11H2,1H3. The highest BCUT2D eigenvalue weighted by atomic mass is 19.4. The largest absolute Gasteiger partial charge is 0.450 e. The molecule has 1 aromatic carbocycles. The zero-order valence-electron chi connectivity index (χ0n) is 16.4. The van der Waals surface area contributed by atoms with E-state index in [1.54, 1.807) is 6.92 Å². The Balaban J connectivity index is 1.62. The molecule has 1 heterocycles. The summed E-state index contributed by atoms with van der Waals surface area (Å²) in [6.45, 7) is -0.711. The van der Waals surface area contributed by atoms with Crippen LogP contribution in [0.5, 0.6) is 0 Å². The number of esters is 1. The fraction of sp³-hybridized carbons (Fsp3) is 0.400. The summed E-state index contributed by atoms with van der Waals surface area (Å²) >= 11 is 0. The van der Waals surface area contributed by atoms with Crippen LogP contribution in [0.15, 0.2) is 40.8 Å². The molecule has 0 radical (unpaired) electrons. The molecule has 3 rings (SSSR count). The lowest BCUT2D eigenvalue weighted by Crippen LogP contribution is -2.47. The van der Waals surface area contributed by atoms with Gasteiger partial charge in [-0.2, -0.15) is 13.2 Å². The van der Waals surface area contributed by atoms with Gasteiger partial charge in [0, 0.05) is 23.7 Å². The Bertz CT molecular complexity index is 966. The zero-order chi connectivity index (χ0) is 22.8. The lowest BCUT2D eigenvalue weighted by atomic mass is 10.1. The van der Waals surface area contributed by atoms with Crippen molar-refractivity contribution >= 4 is 17.6 Å². The van der Waals surface area contributed by atoms with E-state index in [1.165, 1.54) is 36.4 Å². The summed E-state index contributed by atoms with van der Waals surface area (Å²) in [6.07, 6.45) is -3.07. The second-order valence-corrected chi connectivity index (χ2v) is 7.26. The number of amides is 1. The molecule has 0 saturated heterocycles. The van der Waals surface area contributed by atoms with Crippen molar-refractivity contribution in [3.05, 3.63) is 52.3 Å². The highest BCUT2D eigenvalue weighted by molar-refractivity contribution is 5.89. The van der Waals surface area contributed by atoms with Crippen LogP contribution in [-0.2, 0) is 9.53 Å². The Hall–Kier alpha value is -3.37. The topological polar surface area (TPSA) is 103 Å². The summed E-state index contributed by atoms with van der Waals surface area (Å²) < 4.78 is 48.8. The molecule has 0 bridgehead atoms. The Kier molecular flexibility index (Phi) is 6.32. The number of carbonyl (C=O) groups excluding carboxylic acids is 2. The van der Waals surface area contributed by atoms with Crippen molar-refractivity contribution in [2.45, 2.75) is 32.0 Å². The fourth-order valence-corrected chi connectivity index (χ4v) is 3.12. The summed E-state index contributed by atoms with van der Waals surface area (Å²) in [4.78, 5) is 35.3. The quantitative estimate of drug-likeness (QED) is 0.346. The molecular formula is C20H19F3N2O6. The van der Waals surface area contributed by atoms with E-state index in [0.29, 0.717) is 10.5 Å². The number of ether oxygens (including phenoxy) is 1. The number of hydrogen-bond acceptors (Lipinski definition) is 6. The Morgan fingerprint density at radius 2 is 1.87 bits per heavy atom. The first kappa shape index (κ1) is 22.3. The minimum atomic E-state index is -4.57. The number of benzene rings is 1. The second-order valence-electron chi connectivity index (χ2n) is 7.26. The summed E-state index contributed by atoms with van der Waals surface area (Å²) in [6, 6.07) is 7.52. The number of nitrogens with zero attached hydrogens (tertiary/aromatic N) is 2. The fourth-order valence-electron chi connectivity index (χ4n) is 3.12. The number of furan rings is 1. The first-order valence-corrected chi connectivity index (χ1v) is 9.43. The van der Waals surface area contributed by atoms with Crippen LogP contribution in [0, 0.1) is 16.0 Å². The molecule has 166 valence electrons. The molecule has 1 atom stereocenters. The molecule has 1 unspecified atom stereocenters. The molecule has 0 N–H and O–H groups in total. The van der Waals surface area contributed by atoms with Gasteiger partial charge in [-0.3, -0.25) is 14.9 Å². The van der Waals surface area contributed by atoms with Crippen LogP contribution in [-0.4, -0.2) is 47.1 Å². The van der Waals surface area contributed by atoms with Crippen molar-refractivity contribution in [3.63, 3.8) is 0 Å². The van der Waals surface area contributed by atoms with Gasteiger partial charge in [0.15, 0.2) is 6.61 Å². The van der Waals surface area contributed by atoms with Gasteiger partial charge in [0.1, 0.15) is 12.3 Å². The first-order valence-electron chi connectivity index (χ1n) is 9.43. The van der Waals surface area contributed by atoms with E-state index >= 15 is 0 Å². The van der Waals surface area contributed by atoms with Crippen LogP contribution in [0.25, 0.3) is 11.3 Å². The smallest absolute Gasteiger partial charge is 0.406 e. The summed E-state index contributed by atoms with van der Waals surface area (Å²) in [7, 11) is 0. The van der Waals surface area contributed by atoms with Crippen LogP contribution >= 0.6 is 0 Å². The molecule has 1 saturated carbocycles. The van der Waals surface area contributed by atoms with E-state index < -0.39 is 42.2 Å². The highest BCUT2D eigenvalue weighted by Crippen LogP contribution is 2.36. The minimum absolute atomic E-state index is 0.0105. The third-order valence-electron chi connectivity index (χ3n) is 4.96. The summed E-state index contributed by atoms with van der Waals surface area (Å²) in [5.74, 6) is -1.95. The van der Waals surface area contributed by atoms with Gasteiger partial charge in [-0.05, 0) is 49.9 Å². The van der Waals surface area contributed by atoms with Crippen molar-refractivity contribution < 1.29 is 36.8 Å². The molecule has 1 aromatic heterocycles. The molecule has 1 amide bonds. The van der Waals surface area contributed by atoms with Crippen molar-refractivity contribution in [1.29, 1.82) is 0 Å². The SMILES string of the molecule is CC(C1CC1)N(CC(F)(F)F)C(=O)COC(=O)c1ccc(-c2ccc([N+](=O)[O-])cc2)o1. The predicted molar refractivity (Wildman–Crippen MR) is 101 cm³/mol. The van der Waals surface area contributed by atoms with Gasteiger partial charge >= 0.3 is 12.1 Å². The molecule has 1 aliphatic carbocycles. The van der Waals surface area contributed by atoms with Crippen LogP contribution in [0.3, 0.4) is 0 Å². The van der Waals surface area contributed by atoms with Gasteiger partial charge in [-0.15, -0.1) is 0 Å². The van der Waals surface area contributed by atoms with Crippen molar-refractivity contribution in [2.75, 3.05) is 13.2 Å². The first-order chi connectivity index (χ1) is 14.5. The van der Waals surface area contributed by atoms with E-state index in [2.05, 4.69) is 0 Å². The van der Waals surface area contributed by atoms with Gasteiger partial charge in [-0.25, -0.2) is 4.79 Å². The monoisotopic (exact) mass is 440 g/mol. The third-order valence-corrected chi connectivity index (χ3v) is 4.96. The lowest BCUT2D eigenvalue weighted by Gasteiger charge is -2.30. The molecule has 1 aliphatic rings. The summed E-state index contributed by atoms with van der Waals surface area (Å²) in [5.41, 5.74) is 0.354. The average molecular weight is 440 g/mol. The Morgan fingerprint density at radius 3 is 2.42 bits per heavy atom. The van der Waals surface area contributed by atoms with E-state index in [1.807, 2.05) is 0 Å². The molecule has 11 heteroatoms. The number of hydrogen-bond donors (Lipinski definition) is 0. The minimum Gasteiger partial charge on any atom is -0.450 e. The van der Waals surface area contributed by atoms with Gasteiger partial charge < -0.3 is 14.1 Å². The van der Waals surface area contributed by atoms with Crippen LogP contribution in [0.4, 0.5) is 18.9 Å². The highest BCUT2D eigenvalue weighted by Gasteiger charge is 2.40. The van der Waals surface area contributed by atoms with E-state index in [4.69, 9.17) is 9.15 Å². The number of rotatable bonds is 8. The molecule has 1 fully saturated rings. The van der Waals surface area contributed by atoms with Gasteiger partial charge in [0.05, 0.1) is 4.92 Å². The number of alkyl halides is 3. The predicted octanol–water partition coefficient (Wildman–Crippen LogP) is 4.20. The maximum Gasteiger partial charge on any atom is 0.406 e. The number of carbonyl (C=O) groups is 2. The van der Waals surface area contributed by atoms with Crippen molar-refractivity contribution in [2.24, 2.45) is 5.92 Å². The number of nitro benzene ring substituents is 1. The third kappa shape index (κ3) is 5.83. The van der Waals surface area contributed by atoms with Crippen molar-refractivity contribution in [3.8, 4) is 11.3 Å². The zero-order valence-corrected chi connectivity index (χ0v) is 16.4. The van der Waals surface area contributed by atoms with Crippen LogP contribution in [0.1, 0.15) is 30.3 Å². The second kappa shape index (κ2) is 8.78. The van der Waals surface area contributed by atoms with E-state index in [0.717, 1.165) is 12.8 Å². The Morgan fingerprint density at radius 1 is 1.23 bits per heavy atom. The lowest BCUT2D eigenvalue weighted by molar-refractivity contribution is -0.384. The van der Waals surface area contributed by atoms with E-state index in [9.17, 15) is 32.9 Å². The average Bonchev–Trinajstić information content (AvgIpc) is 3.45. The number of non-ortho nitro benzene ring substituents is 1. The van der Waals surface area contributed by atoms with Crippen LogP contribution < -0.4 is 0 Å². The molecular weight excluding hydrogens is 421 g/mol. The summed E-state index contributed by atoms with van der Waals surface area (Å²) in [5, 5.41) is 10.7. The molecule has 2 aromatic rings. The van der Waals surface area contributed by atoms with Crippen LogP contribution in [0.2, 0.25) is 0 Å². The molecule has 0 aliphatic heterocycles. The van der Waals surface area contributed by atoms with Crippen molar-refractivity contribution in [1.82, 2.24) is 4.90 Å². The normalized spacial score (nSPS) is 14.7. The maximum atomic E-state index is 12.9. The maximum absolute atomic E-state index is 12.9. The Labute approximate surface area is 174 Å². The molecule has 0 spiro atoms. The van der Waals surface area contributed by atoms with Gasteiger partial charge in [0.2, 0.25) is 5.76 Å². The van der Waals surface area contributed by atoms with Gasteiger partial charge in [0.25, 0.3) is 11.6 Å². The van der Waals surface area contributed by atoms with E-state index in [-0.39, 0.29) is 23.1 Å². The number of nitro groups is 1.